The van der Waals surface area contributed by atoms with E-state index < -0.39 is 5.97 Å². The van der Waals surface area contributed by atoms with E-state index in [1.807, 2.05) is 13.0 Å². The van der Waals surface area contributed by atoms with E-state index in [1.165, 1.54) is 0 Å². The molecule has 0 aromatic heterocycles. The molecule has 5 N–H and O–H groups in total. The molecule has 98 valence electrons. The van der Waals surface area contributed by atoms with E-state index in [9.17, 15) is 9.90 Å². The van der Waals surface area contributed by atoms with Gasteiger partial charge < -0.3 is 16.6 Å². The Morgan fingerprint density at radius 2 is 2.00 bits per heavy atom. The molecule has 1 aliphatic carbocycles. The summed E-state index contributed by atoms with van der Waals surface area (Å²) < 4.78 is 0. The largest absolute Gasteiger partial charge is 0.478 e. The highest BCUT2D eigenvalue weighted by Crippen LogP contribution is 2.28. The summed E-state index contributed by atoms with van der Waals surface area (Å²) in [5.74, 6) is -0.943. The van der Waals surface area contributed by atoms with Crippen LogP contribution in [0.15, 0.2) is 47.7 Å². The number of carbonyl (C=O) groups is 1. The fraction of sp³-hybridized carbons (Fsp3) is 0.133. The number of aryl methyl sites for hydroxylation is 1. The monoisotopic (exact) mass is 256 g/mol. The highest BCUT2D eigenvalue weighted by molar-refractivity contribution is 6.17. The first-order valence-corrected chi connectivity index (χ1v) is 5.95. The third kappa shape index (κ3) is 2.68. The molecule has 0 atom stereocenters. The molecule has 2 rings (SSSR count). The van der Waals surface area contributed by atoms with E-state index in [0.29, 0.717) is 28.9 Å². The summed E-state index contributed by atoms with van der Waals surface area (Å²) in [7, 11) is 0. The van der Waals surface area contributed by atoms with Gasteiger partial charge in [0.15, 0.2) is 0 Å². The Bertz CT molecular complexity index is 625. The van der Waals surface area contributed by atoms with Crippen LogP contribution in [0, 0.1) is 6.92 Å². The summed E-state index contributed by atoms with van der Waals surface area (Å²) in [6, 6.07) is 5.23. The molecular formula is C15H16N2O2. The molecule has 4 nitrogen and oxygen atoms in total. The van der Waals surface area contributed by atoms with Crippen molar-refractivity contribution >= 4 is 17.2 Å². The number of anilines is 1. The second-order valence-electron chi connectivity index (χ2n) is 4.52. The second kappa shape index (κ2) is 5.02. The van der Waals surface area contributed by atoms with E-state index in [4.69, 9.17) is 11.5 Å². The number of hydrogen-bond acceptors (Lipinski definition) is 3. The van der Waals surface area contributed by atoms with Crippen molar-refractivity contribution in [1.29, 1.82) is 0 Å². The molecule has 0 radical (unpaired) electrons. The minimum absolute atomic E-state index is 0.303. The SMILES string of the molecule is Cc1cc(N)ccc1/C(C(=O)O)=C1/C=CC(N)=CC1. The van der Waals surface area contributed by atoms with Gasteiger partial charge in [0.05, 0.1) is 5.57 Å². The van der Waals surface area contributed by atoms with E-state index >= 15 is 0 Å². The smallest absolute Gasteiger partial charge is 0.336 e. The fourth-order valence-electron chi connectivity index (χ4n) is 2.14. The lowest BCUT2D eigenvalue weighted by atomic mass is 9.92. The van der Waals surface area contributed by atoms with Gasteiger partial charge in [-0.05, 0) is 48.3 Å². The van der Waals surface area contributed by atoms with E-state index in [2.05, 4.69) is 0 Å². The van der Waals surface area contributed by atoms with E-state index in [1.54, 1.807) is 30.4 Å². The fourth-order valence-corrected chi connectivity index (χ4v) is 2.14. The summed E-state index contributed by atoms with van der Waals surface area (Å²) in [4.78, 5) is 11.5. The maximum atomic E-state index is 11.5. The van der Waals surface area contributed by atoms with Crippen molar-refractivity contribution in [3.63, 3.8) is 0 Å². The van der Waals surface area contributed by atoms with Crippen LogP contribution >= 0.6 is 0 Å². The molecule has 4 heteroatoms. The van der Waals surface area contributed by atoms with Crippen LogP contribution in [0.1, 0.15) is 17.5 Å². The number of benzene rings is 1. The zero-order valence-electron chi connectivity index (χ0n) is 10.7. The van der Waals surface area contributed by atoms with Crippen LogP contribution in [-0.4, -0.2) is 11.1 Å². The molecule has 1 aromatic rings. The van der Waals surface area contributed by atoms with Gasteiger partial charge in [0.25, 0.3) is 0 Å². The first-order valence-electron chi connectivity index (χ1n) is 5.95. The standard InChI is InChI=1S/C15H16N2O2/c1-9-8-12(17)6-7-13(9)14(15(18)19)10-2-4-11(16)5-3-10/h2,4-8H,3,16-17H2,1H3,(H,18,19)/b14-10+. The molecule has 0 heterocycles. The van der Waals surface area contributed by atoms with Crippen LogP contribution in [0.3, 0.4) is 0 Å². The summed E-state index contributed by atoms with van der Waals surface area (Å²) >= 11 is 0. The van der Waals surface area contributed by atoms with E-state index in [0.717, 1.165) is 11.1 Å². The van der Waals surface area contributed by atoms with Crippen LogP contribution in [0.25, 0.3) is 5.57 Å². The van der Waals surface area contributed by atoms with Gasteiger partial charge in [-0.2, -0.15) is 0 Å². The summed E-state index contributed by atoms with van der Waals surface area (Å²) in [6.07, 6.45) is 5.81. The van der Waals surface area contributed by atoms with Crippen molar-refractivity contribution in [2.75, 3.05) is 5.73 Å². The number of hydrogen-bond donors (Lipinski definition) is 3. The van der Waals surface area contributed by atoms with Crippen molar-refractivity contribution in [1.82, 2.24) is 0 Å². The third-order valence-electron chi connectivity index (χ3n) is 3.09. The van der Waals surface area contributed by atoms with Gasteiger partial charge in [-0.3, -0.25) is 0 Å². The minimum atomic E-state index is -0.943. The zero-order valence-corrected chi connectivity index (χ0v) is 10.7. The molecule has 0 amide bonds. The molecule has 0 fully saturated rings. The van der Waals surface area contributed by atoms with Crippen LogP contribution in [-0.2, 0) is 4.79 Å². The summed E-state index contributed by atoms with van der Waals surface area (Å²) in [6.45, 7) is 1.85. The number of carboxylic acid groups (broad SMARTS) is 1. The van der Waals surface area contributed by atoms with Crippen molar-refractivity contribution in [3.8, 4) is 0 Å². The maximum absolute atomic E-state index is 11.5. The van der Waals surface area contributed by atoms with Gasteiger partial charge in [0.2, 0.25) is 0 Å². The molecule has 0 saturated heterocycles. The quantitative estimate of drug-likeness (QED) is 0.559. The molecule has 1 aliphatic rings. The maximum Gasteiger partial charge on any atom is 0.336 e. The topological polar surface area (TPSA) is 89.3 Å². The molecule has 19 heavy (non-hydrogen) atoms. The first kappa shape index (κ1) is 13.0. The lowest BCUT2D eigenvalue weighted by Gasteiger charge is -2.13. The number of aliphatic carboxylic acids is 1. The van der Waals surface area contributed by atoms with E-state index in [-0.39, 0.29) is 0 Å². The number of carboxylic acids is 1. The molecule has 0 aliphatic heterocycles. The molecule has 1 aromatic carbocycles. The van der Waals surface area contributed by atoms with Crippen molar-refractivity contribution in [2.45, 2.75) is 13.3 Å². The lowest BCUT2D eigenvalue weighted by Crippen LogP contribution is -2.07. The average Bonchev–Trinajstić information content (AvgIpc) is 2.34. The van der Waals surface area contributed by atoms with Gasteiger partial charge in [-0.1, -0.05) is 18.2 Å². The normalized spacial score (nSPS) is 17.0. The van der Waals surface area contributed by atoms with Gasteiger partial charge in [0.1, 0.15) is 0 Å². The Morgan fingerprint density at radius 3 is 2.53 bits per heavy atom. The Hall–Kier alpha value is -2.49. The highest BCUT2D eigenvalue weighted by atomic mass is 16.4. The predicted octanol–water partition coefficient (Wildman–Crippen LogP) is 2.22. The van der Waals surface area contributed by atoms with Crippen molar-refractivity contribution in [3.05, 3.63) is 58.8 Å². The Kier molecular flexibility index (Phi) is 3.42. The first-order chi connectivity index (χ1) is 8.99. The van der Waals surface area contributed by atoms with Crippen molar-refractivity contribution < 1.29 is 9.90 Å². The van der Waals surface area contributed by atoms with Crippen molar-refractivity contribution in [2.24, 2.45) is 5.73 Å². The molecular weight excluding hydrogens is 240 g/mol. The Labute approximate surface area is 111 Å². The minimum Gasteiger partial charge on any atom is -0.478 e. The molecule has 0 spiro atoms. The number of nitrogens with two attached hydrogens (primary N) is 2. The van der Waals surface area contributed by atoms with Crippen LogP contribution < -0.4 is 11.5 Å². The van der Waals surface area contributed by atoms with Crippen LogP contribution in [0.4, 0.5) is 5.69 Å². The molecule has 0 saturated carbocycles. The van der Waals surface area contributed by atoms with Crippen LogP contribution in [0.2, 0.25) is 0 Å². The van der Waals surface area contributed by atoms with Gasteiger partial charge >= 0.3 is 5.97 Å². The molecule has 0 unspecified atom stereocenters. The van der Waals surface area contributed by atoms with Crippen LogP contribution in [0.5, 0.6) is 0 Å². The third-order valence-corrected chi connectivity index (χ3v) is 3.09. The predicted molar refractivity (Wildman–Crippen MR) is 76.2 cm³/mol. The van der Waals surface area contributed by atoms with Gasteiger partial charge in [0, 0.05) is 11.4 Å². The average molecular weight is 256 g/mol. The number of rotatable bonds is 2. The molecule has 0 bridgehead atoms. The summed E-state index contributed by atoms with van der Waals surface area (Å²) in [5.41, 5.74) is 15.2. The van der Waals surface area contributed by atoms with Gasteiger partial charge in [-0.25, -0.2) is 4.79 Å². The zero-order chi connectivity index (χ0) is 14.0. The highest BCUT2D eigenvalue weighted by Gasteiger charge is 2.18. The second-order valence-corrected chi connectivity index (χ2v) is 4.52. The van der Waals surface area contributed by atoms with Gasteiger partial charge in [-0.15, -0.1) is 0 Å². The lowest BCUT2D eigenvalue weighted by molar-refractivity contribution is -0.130. The Balaban J connectivity index is 2.56. The number of nitrogen functional groups attached to an aromatic ring is 1. The summed E-state index contributed by atoms with van der Waals surface area (Å²) in [5, 5.41) is 9.46. The number of allylic oxidation sites excluding steroid dienone is 4. The Morgan fingerprint density at radius 1 is 1.26 bits per heavy atom.